The number of carbonyl (C=O) groups excluding carboxylic acids is 1. The Balaban J connectivity index is 2.71. The summed E-state index contributed by atoms with van der Waals surface area (Å²) in [4.78, 5) is 14.1. The van der Waals surface area contributed by atoms with Crippen LogP contribution < -0.4 is 5.32 Å². The molecule has 0 unspecified atom stereocenters. The molecule has 0 radical (unpaired) electrons. The maximum absolute atomic E-state index is 12.2. The van der Waals surface area contributed by atoms with Gasteiger partial charge in [-0.15, -0.1) is 0 Å². The summed E-state index contributed by atoms with van der Waals surface area (Å²) in [7, 11) is 0. The summed E-state index contributed by atoms with van der Waals surface area (Å²) in [5.74, 6) is -0.167. The average molecular weight is 333 g/mol. The Morgan fingerprint density at radius 1 is 1.33 bits per heavy atom. The average Bonchev–Trinajstić information content (AvgIpc) is 2.45. The highest BCUT2D eigenvalue weighted by Crippen LogP contribution is 2.29. The van der Waals surface area contributed by atoms with Gasteiger partial charge < -0.3 is 10.4 Å². The number of hydrogen-bond acceptors (Lipinski definition) is 3. The van der Waals surface area contributed by atoms with Crippen LogP contribution in [0.4, 0.5) is 5.69 Å². The van der Waals surface area contributed by atoms with E-state index in [1.165, 1.54) is 0 Å². The lowest BCUT2D eigenvalue weighted by atomic mass is 10.1. The number of hydrogen-bond donors (Lipinski definition) is 2. The van der Waals surface area contributed by atoms with Crippen LogP contribution in [0, 0.1) is 0 Å². The molecule has 1 amide bonds. The van der Waals surface area contributed by atoms with Crippen LogP contribution in [0.15, 0.2) is 18.2 Å². The van der Waals surface area contributed by atoms with Crippen LogP contribution in [0.25, 0.3) is 0 Å². The second kappa shape index (κ2) is 9.26. The van der Waals surface area contributed by atoms with Crippen molar-refractivity contribution in [3.63, 3.8) is 0 Å². The van der Waals surface area contributed by atoms with E-state index in [9.17, 15) is 4.79 Å². The highest BCUT2D eigenvalue weighted by molar-refractivity contribution is 6.43. The molecule has 1 rings (SSSR count). The molecule has 21 heavy (non-hydrogen) atoms. The van der Waals surface area contributed by atoms with Crippen molar-refractivity contribution >= 4 is 34.8 Å². The van der Waals surface area contributed by atoms with Crippen LogP contribution in [0.2, 0.25) is 10.0 Å². The molecule has 0 aliphatic rings. The smallest absolute Gasteiger partial charge is 0.238 e. The molecule has 118 valence electrons. The number of amides is 1. The highest BCUT2D eigenvalue weighted by atomic mass is 35.5. The van der Waals surface area contributed by atoms with Crippen molar-refractivity contribution in [3.05, 3.63) is 28.2 Å². The van der Waals surface area contributed by atoms with E-state index in [1.54, 1.807) is 18.2 Å². The number of rotatable bonds is 8. The molecular formula is C15H22Cl2N2O2. The molecular weight excluding hydrogens is 311 g/mol. The fraction of sp³-hybridized carbons (Fsp3) is 0.533. The number of nitrogens with zero attached hydrogens (tertiary/aromatic N) is 1. The van der Waals surface area contributed by atoms with Gasteiger partial charge in [0.2, 0.25) is 5.91 Å². The molecule has 0 aromatic heterocycles. The number of nitrogens with one attached hydrogen (secondary N) is 1. The minimum absolute atomic E-state index is 0.0295. The summed E-state index contributed by atoms with van der Waals surface area (Å²) in [6, 6.07) is 5.38. The van der Waals surface area contributed by atoms with Crippen LogP contribution in [-0.4, -0.2) is 41.7 Å². The number of carbonyl (C=O) groups is 1. The summed E-state index contributed by atoms with van der Waals surface area (Å²) in [5.41, 5.74) is 0.502. The summed E-state index contributed by atoms with van der Waals surface area (Å²) in [5, 5.41) is 12.7. The van der Waals surface area contributed by atoms with Crippen molar-refractivity contribution in [1.29, 1.82) is 0 Å². The van der Waals surface area contributed by atoms with Crippen molar-refractivity contribution in [3.8, 4) is 0 Å². The first kappa shape index (κ1) is 18.2. The lowest BCUT2D eigenvalue weighted by Crippen LogP contribution is -2.42. The molecule has 2 N–H and O–H groups in total. The van der Waals surface area contributed by atoms with Crippen LogP contribution in [0.5, 0.6) is 0 Å². The largest absolute Gasteiger partial charge is 0.395 e. The van der Waals surface area contributed by atoms with Crippen molar-refractivity contribution in [2.75, 3.05) is 25.0 Å². The van der Waals surface area contributed by atoms with E-state index in [4.69, 9.17) is 28.3 Å². The first-order valence-corrected chi connectivity index (χ1v) is 7.87. The second-order valence-corrected chi connectivity index (χ2v) is 5.60. The third kappa shape index (κ3) is 5.47. The summed E-state index contributed by atoms with van der Waals surface area (Å²) in [6.45, 7) is 4.87. The molecule has 1 aromatic carbocycles. The summed E-state index contributed by atoms with van der Waals surface area (Å²) >= 11 is 12.0. The van der Waals surface area contributed by atoms with E-state index in [1.807, 2.05) is 4.90 Å². The zero-order valence-corrected chi connectivity index (χ0v) is 13.9. The maximum Gasteiger partial charge on any atom is 0.238 e. The van der Waals surface area contributed by atoms with Crippen LogP contribution in [-0.2, 0) is 4.79 Å². The molecule has 0 saturated heterocycles. The lowest BCUT2D eigenvalue weighted by molar-refractivity contribution is -0.118. The lowest BCUT2D eigenvalue weighted by Gasteiger charge is -2.29. The molecule has 0 spiro atoms. The van der Waals surface area contributed by atoms with Gasteiger partial charge in [-0.2, -0.15) is 0 Å². The predicted octanol–water partition coefficient (Wildman–Crippen LogP) is 3.41. The van der Waals surface area contributed by atoms with Gasteiger partial charge in [0, 0.05) is 12.6 Å². The molecule has 1 aromatic rings. The molecule has 0 atom stereocenters. The van der Waals surface area contributed by atoms with Crippen molar-refractivity contribution < 1.29 is 9.90 Å². The minimum atomic E-state index is -0.167. The highest BCUT2D eigenvalue weighted by Gasteiger charge is 2.18. The molecule has 0 bridgehead atoms. The number of benzene rings is 1. The molecule has 0 heterocycles. The van der Waals surface area contributed by atoms with E-state index in [0.717, 1.165) is 12.8 Å². The van der Waals surface area contributed by atoms with Gasteiger partial charge in [0.05, 0.1) is 28.9 Å². The van der Waals surface area contributed by atoms with E-state index >= 15 is 0 Å². The third-order valence-electron chi connectivity index (χ3n) is 3.42. The third-order valence-corrected chi connectivity index (χ3v) is 4.24. The Morgan fingerprint density at radius 2 is 2.00 bits per heavy atom. The van der Waals surface area contributed by atoms with Gasteiger partial charge in [-0.1, -0.05) is 43.1 Å². The molecule has 0 aliphatic carbocycles. The van der Waals surface area contributed by atoms with E-state index in [0.29, 0.717) is 22.3 Å². The van der Waals surface area contributed by atoms with Gasteiger partial charge in [0.25, 0.3) is 0 Å². The van der Waals surface area contributed by atoms with Gasteiger partial charge >= 0.3 is 0 Å². The monoisotopic (exact) mass is 332 g/mol. The quantitative estimate of drug-likeness (QED) is 0.766. The fourth-order valence-corrected chi connectivity index (χ4v) is 2.65. The van der Waals surface area contributed by atoms with Crippen LogP contribution in [0.1, 0.15) is 26.7 Å². The van der Waals surface area contributed by atoms with E-state index < -0.39 is 0 Å². The van der Waals surface area contributed by atoms with Gasteiger partial charge in [-0.05, 0) is 25.0 Å². The maximum atomic E-state index is 12.2. The Kier molecular flexibility index (Phi) is 8.04. The molecule has 4 nitrogen and oxygen atoms in total. The van der Waals surface area contributed by atoms with Gasteiger partial charge in [0.1, 0.15) is 0 Å². The predicted molar refractivity (Wildman–Crippen MR) is 88.1 cm³/mol. The van der Waals surface area contributed by atoms with Crippen molar-refractivity contribution in [2.45, 2.75) is 32.7 Å². The first-order chi connectivity index (χ1) is 10.0. The number of halogens is 2. The Bertz CT molecular complexity index is 465. The first-order valence-electron chi connectivity index (χ1n) is 7.12. The normalized spacial score (nSPS) is 11.2. The molecule has 0 fully saturated rings. The standard InChI is InChI=1S/C15H22Cl2N2O2/c1-3-11(4-2)19(8-9-20)10-14(21)18-13-7-5-6-12(16)15(13)17/h5-7,11,20H,3-4,8-10H2,1-2H3,(H,18,21). The second-order valence-electron chi connectivity index (χ2n) is 4.81. The topological polar surface area (TPSA) is 52.6 Å². The van der Waals surface area contributed by atoms with Gasteiger partial charge in [-0.25, -0.2) is 0 Å². The summed E-state index contributed by atoms with van der Waals surface area (Å²) < 4.78 is 0. The number of anilines is 1. The SMILES string of the molecule is CCC(CC)N(CCO)CC(=O)Nc1cccc(Cl)c1Cl. The zero-order valence-electron chi connectivity index (χ0n) is 12.4. The molecule has 6 heteroatoms. The van der Waals surface area contributed by atoms with Crippen molar-refractivity contribution in [1.82, 2.24) is 4.90 Å². The number of aliphatic hydroxyl groups is 1. The van der Waals surface area contributed by atoms with Crippen LogP contribution in [0.3, 0.4) is 0 Å². The Labute approximate surface area is 136 Å². The fourth-order valence-electron chi connectivity index (χ4n) is 2.30. The van der Waals surface area contributed by atoms with Gasteiger partial charge in [-0.3, -0.25) is 9.69 Å². The van der Waals surface area contributed by atoms with Crippen molar-refractivity contribution in [2.24, 2.45) is 0 Å². The Morgan fingerprint density at radius 3 is 2.57 bits per heavy atom. The minimum Gasteiger partial charge on any atom is -0.395 e. The van der Waals surface area contributed by atoms with Gasteiger partial charge in [0.15, 0.2) is 0 Å². The Hall–Kier alpha value is -0.810. The summed E-state index contributed by atoms with van der Waals surface area (Å²) in [6.07, 6.45) is 1.86. The van der Waals surface area contributed by atoms with E-state index in [2.05, 4.69) is 19.2 Å². The van der Waals surface area contributed by atoms with E-state index in [-0.39, 0.29) is 25.1 Å². The molecule has 0 aliphatic heterocycles. The zero-order chi connectivity index (χ0) is 15.8. The van der Waals surface area contributed by atoms with Crippen LogP contribution >= 0.6 is 23.2 Å². The molecule has 0 saturated carbocycles. The number of aliphatic hydroxyl groups excluding tert-OH is 1.